The predicted octanol–water partition coefficient (Wildman–Crippen LogP) is 3.78. The molecule has 1 N–H and O–H groups in total. The van der Waals surface area contributed by atoms with Crippen LogP contribution in [0, 0.1) is 6.92 Å². The number of benzene rings is 2. The lowest BCUT2D eigenvalue weighted by Crippen LogP contribution is -2.43. The Morgan fingerprint density at radius 1 is 1.12 bits per heavy atom. The summed E-state index contributed by atoms with van der Waals surface area (Å²) in [6.07, 6.45) is -1.25. The normalized spacial score (nSPS) is 11.9. The standard InChI is InChI=1S/C21H27NO4/c1-16(2)22(21(24)26-14-18-9-5-4-6-10-18)13-19(23)15-25-20-11-7-8-17(3)12-20/h4-12,16,19,23H,13-15H2,1-3H3. The van der Waals surface area contributed by atoms with E-state index < -0.39 is 12.2 Å². The molecule has 0 fully saturated rings. The maximum Gasteiger partial charge on any atom is 0.410 e. The van der Waals surface area contributed by atoms with Crippen LogP contribution in [0.15, 0.2) is 54.6 Å². The fourth-order valence-corrected chi connectivity index (χ4v) is 2.48. The van der Waals surface area contributed by atoms with Crippen LogP contribution in [0.4, 0.5) is 4.79 Å². The van der Waals surface area contributed by atoms with Crippen LogP contribution in [-0.2, 0) is 11.3 Å². The van der Waals surface area contributed by atoms with E-state index in [4.69, 9.17) is 9.47 Å². The topological polar surface area (TPSA) is 59.0 Å². The number of hydrogen-bond acceptors (Lipinski definition) is 4. The van der Waals surface area contributed by atoms with Crippen molar-refractivity contribution in [3.63, 3.8) is 0 Å². The second-order valence-corrected chi connectivity index (χ2v) is 6.57. The molecule has 140 valence electrons. The monoisotopic (exact) mass is 357 g/mol. The zero-order valence-corrected chi connectivity index (χ0v) is 15.6. The van der Waals surface area contributed by atoms with Crippen molar-refractivity contribution in [3.05, 3.63) is 65.7 Å². The zero-order valence-electron chi connectivity index (χ0n) is 15.6. The number of carbonyl (C=O) groups is 1. The van der Waals surface area contributed by atoms with Gasteiger partial charge in [-0.2, -0.15) is 0 Å². The van der Waals surface area contributed by atoms with Gasteiger partial charge in [-0.3, -0.25) is 0 Å². The Kier molecular flexibility index (Phi) is 7.48. The van der Waals surface area contributed by atoms with Crippen molar-refractivity contribution in [2.45, 2.75) is 39.5 Å². The highest BCUT2D eigenvalue weighted by Gasteiger charge is 2.22. The Morgan fingerprint density at radius 2 is 1.85 bits per heavy atom. The van der Waals surface area contributed by atoms with Gasteiger partial charge in [-0.15, -0.1) is 0 Å². The molecule has 2 rings (SSSR count). The molecule has 0 heterocycles. The molecule has 0 bridgehead atoms. The number of nitrogens with zero attached hydrogens (tertiary/aromatic N) is 1. The van der Waals surface area contributed by atoms with Gasteiger partial charge in [0.05, 0.1) is 6.54 Å². The molecule has 0 aliphatic carbocycles. The molecule has 1 unspecified atom stereocenters. The number of amides is 1. The fraction of sp³-hybridized carbons (Fsp3) is 0.381. The number of rotatable bonds is 8. The van der Waals surface area contributed by atoms with Crippen LogP contribution in [0.1, 0.15) is 25.0 Å². The van der Waals surface area contributed by atoms with Crippen LogP contribution in [0.3, 0.4) is 0 Å². The van der Waals surface area contributed by atoms with Crippen molar-refractivity contribution < 1.29 is 19.4 Å². The summed E-state index contributed by atoms with van der Waals surface area (Å²) in [6.45, 7) is 6.22. The molecular formula is C21H27NO4. The van der Waals surface area contributed by atoms with E-state index in [9.17, 15) is 9.90 Å². The Balaban J connectivity index is 1.84. The largest absolute Gasteiger partial charge is 0.491 e. The van der Waals surface area contributed by atoms with Gasteiger partial charge in [0.25, 0.3) is 0 Å². The summed E-state index contributed by atoms with van der Waals surface area (Å²) in [5, 5.41) is 10.3. The van der Waals surface area contributed by atoms with Crippen molar-refractivity contribution in [2.75, 3.05) is 13.2 Å². The Hall–Kier alpha value is -2.53. The van der Waals surface area contributed by atoms with Gasteiger partial charge in [0.15, 0.2) is 0 Å². The lowest BCUT2D eigenvalue weighted by atomic mass is 10.2. The lowest BCUT2D eigenvalue weighted by Gasteiger charge is -2.28. The van der Waals surface area contributed by atoms with Gasteiger partial charge < -0.3 is 19.5 Å². The molecular weight excluding hydrogens is 330 g/mol. The summed E-state index contributed by atoms with van der Waals surface area (Å²) in [6, 6.07) is 17.0. The van der Waals surface area contributed by atoms with Crippen LogP contribution < -0.4 is 4.74 Å². The zero-order chi connectivity index (χ0) is 18.9. The molecule has 1 amide bonds. The molecule has 0 spiro atoms. The summed E-state index contributed by atoms with van der Waals surface area (Å²) in [4.78, 5) is 13.9. The Bertz CT molecular complexity index is 687. The average molecular weight is 357 g/mol. The van der Waals surface area contributed by atoms with E-state index in [1.54, 1.807) is 0 Å². The van der Waals surface area contributed by atoms with Crippen LogP contribution in [0.2, 0.25) is 0 Å². The minimum Gasteiger partial charge on any atom is -0.491 e. The second-order valence-electron chi connectivity index (χ2n) is 6.57. The molecule has 2 aromatic rings. The number of aliphatic hydroxyl groups excluding tert-OH is 1. The van der Waals surface area contributed by atoms with Gasteiger partial charge in [-0.1, -0.05) is 42.5 Å². The highest BCUT2D eigenvalue weighted by Crippen LogP contribution is 2.13. The number of ether oxygens (including phenoxy) is 2. The SMILES string of the molecule is Cc1cccc(OCC(O)CN(C(=O)OCc2ccccc2)C(C)C)c1. The number of aryl methyl sites for hydroxylation is 1. The van der Waals surface area contributed by atoms with Crippen molar-refractivity contribution in [3.8, 4) is 5.75 Å². The van der Waals surface area contributed by atoms with Crippen molar-refractivity contribution >= 4 is 6.09 Å². The first-order valence-electron chi connectivity index (χ1n) is 8.80. The summed E-state index contributed by atoms with van der Waals surface area (Å²) < 4.78 is 11.0. The van der Waals surface area contributed by atoms with E-state index in [1.165, 1.54) is 4.90 Å². The third kappa shape index (κ3) is 6.41. The average Bonchev–Trinajstić information content (AvgIpc) is 2.63. The van der Waals surface area contributed by atoms with E-state index in [0.717, 1.165) is 11.1 Å². The van der Waals surface area contributed by atoms with E-state index in [2.05, 4.69) is 0 Å². The van der Waals surface area contributed by atoms with Crippen LogP contribution in [0.25, 0.3) is 0 Å². The molecule has 0 aliphatic heterocycles. The molecule has 0 aromatic heterocycles. The van der Waals surface area contributed by atoms with Crippen LogP contribution in [-0.4, -0.2) is 41.4 Å². The van der Waals surface area contributed by atoms with Gasteiger partial charge >= 0.3 is 6.09 Å². The molecule has 2 aromatic carbocycles. The Morgan fingerprint density at radius 3 is 2.50 bits per heavy atom. The summed E-state index contributed by atoms with van der Waals surface area (Å²) in [7, 11) is 0. The maximum atomic E-state index is 12.4. The molecule has 0 radical (unpaired) electrons. The molecule has 1 atom stereocenters. The first kappa shape index (κ1) is 19.8. The summed E-state index contributed by atoms with van der Waals surface area (Å²) >= 11 is 0. The van der Waals surface area contributed by atoms with Gasteiger partial charge in [-0.25, -0.2) is 4.79 Å². The molecule has 0 saturated heterocycles. The van der Waals surface area contributed by atoms with Crippen molar-refractivity contribution in [1.29, 1.82) is 0 Å². The smallest absolute Gasteiger partial charge is 0.410 e. The highest BCUT2D eigenvalue weighted by atomic mass is 16.6. The van der Waals surface area contributed by atoms with Gasteiger partial charge in [-0.05, 0) is 44.0 Å². The van der Waals surface area contributed by atoms with Crippen molar-refractivity contribution in [1.82, 2.24) is 4.90 Å². The van der Waals surface area contributed by atoms with E-state index >= 15 is 0 Å². The van der Waals surface area contributed by atoms with Gasteiger partial charge in [0.1, 0.15) is 25.1 Å². The summed E-state index contributed by atoms with van der Waals surface area (Å²) in [5.41, 5.74) is 2.01. The van der Waals surface area contributed by atoms with Gasteiger partial charge in [0.2, 0.25) is 0 Å². The predicted molar refractivity (Wildman–Crippen MR) is 101 cm³/mol. The molecule has 5 heteroatoms. The van der Waals surface area contributed by atoms with E-state index in [-0.39, 0.29) is 25.8 Å². The molecule has 26 heavy (non-hydrogen) atoms. The first-order valence-corrected chi connectivity index (χ1v) is 8.80. The molecule has 0 aliphatic rings. The van der Waals surface area contributed by atoms with E-state index in [1.807, 2.05) is 75.4 Å². The number of hydrogen-bond donors (Lipinski definition) is 1. The maximum absolute atomic E-state index is 12.4. The van der Waals surface area contributed by atoms with Crippen LogP contribution in [0.5, 0.6) is 5.75 Å². The Labute approximate surface area is 155 Å². The molecule has 5 nitrogen and oxygen atoms in total. The highest BCUT2D eigenvalue weighted by molar-refractivity contribution is 5.68. The van der Waals surface area contributed by atoms with Crippen LogP contribution >= 0.6 is 0 Å². The third-order valence-corrected chi connectivity index (χ3v) is 3.90. The number of aliphatic hydroxyl groups is 1. The van der Waals surface area contributed by atoms with Gasteiger partial charge in [0, 0.05) is 6.04 Å². The minimum absolute atomic E-state index is 0.0908. The first-order chi connectivity index (χ1) is 12.5. The quantitative estimate of drug-likeness (QED) is 0.781. The van der Waals surface area contributed by atoms with E-state index in [0.29, 0.717) is 5.75 Å². The molecule has 0 saturated carbocycles. The van der Waals surface area contributed by atoms with Crippen molar-refractivity contribution in [2.24, 2.45) is 0 Å². The lowest BCUT2D eigenvalue weighted by molar-refractivity contribution is 0.0401. The fourth-order valence-electron chi connectivity index (χ4n) is 2.48. The summed E-state index contributed by atoms with van der Waals surface area (Å²) in [5.74, 6) is 0.701. The minimum atomic E-state index is -0.804. The third-order valence-electron chi connectivity index (χ3n) is 3.90. The second kappa shape index (κ2) is 9.82. The number of carbonyl (C=O) groups excluding carboxylic acids is 1.